The van der Waals surface area contributed by atoms with Crippen molar-refractivity contribution < 1.29 is 13.9 Å². The Balaban J connectivity index is 2.14. The first-order valence-corrected chi connectivity index (χ1v) is 18.7. The van der Waals surface area contributed by atoms with E-state index in [-0.39, 0.29) is 5.78 Å². The Kier molecular flexibility index (Phi) is 5.13. The zero-order valence-corrected chi connectivity index (χ0v) is 15.6. The molecule has 0 saturated heterocycles. The van der Waals surface area contributed by atoms with Gasteiger partial charge in [0.1, 0.15) is 0 Å². The third-order valence-corrected chi connectivity index (χ3v) is 15.1. The number of carbonyl (C=O) groups excluding carboxylic acids is 1. The van der Waals surface area contributed by atoms with Crippen molar-refractivity contribution in [2.45, 2.75) is 4.47 Å². The molecule has 2 rings (SSSR count). The standard InChI is InChI=1S/C13H12Br2O3Te/c1-17-10-4-6-11(7-5-10)19(14,15)9-12(16)13-3-2-8-18-13/h2-8H,9H2,1H3. The van der Waals surface area contributed by atoms with E-state index in [1.165, 1.54) is 6.26 Å². The molecule has 0 aliphatic rings. The molecule has 19 heavy (non-hydrogen) atoms. The van der Waals surface area contributed by atoms with Crippen LogP contribution in [0.2, 0.25) is 4.47 Å². The molecular weight excluding hydrogens is 492 g/mol. The second-order valence-electron chi connectivity index (χ2n) is 3.80. The van der Waals surface area contributed by atoms with Crippen LogP contribution in [0.5, 0.6) is 5.75 Å². The molecule has 0 amide bonds. The van der Waals surface area contributed by atoms with Gasteiger partial charge in [-0.25, -0.2) is 0 Å². The average molecular weight is 504 g/mol. The van der Waals surface area contributed by atoms with Gasteiger partial charge in [0, 0.05) is 0 Å². The van der Waals surface area contributed by atoms with E-state index in [9.17, 15) is 4.79 Å². The van der Waals surface area contributed by atoms with Crippen molar-refractivity contribution in [3.8, 4) is 5.75 Å². The Bertz CT molecular complexity index is 550. The number of ketones is 1. The Morgan fingerprint density at radius 1 is 1.26 bits per heavy atom. The van der Waals surface area contributed by atoms with E-state index >= 15 is 0 Å². The molecule has 0 spiro atoms. The molecule has 0 fully saturated rings. The summed E-state index contributed by atoms with van der Waals surface area (Å²) in [5.74, 6) is 1.22. The van der Waals surface area contributed by atoms with Crippen molar-refractivity contribution in [3.05, 3.63) is 48.4 Å². The molecule has 0 radical (unpaired) electrons. The van der Waals surface area contributed by atoms with E-state index in [4.69, 9.17) is 9.15 Å². The summed E-state index contributed by atoms with van der Waals surface area (Å²) in [6, 6.07) is 11.2. The van der Waals surface area contributed by atoms with Crippen molar-refractivity contribution in [2.24, 2.45) is 0 Å². The van der Waals surface area contributed by atoms with E-state index < -0.39 is 13.8 Å². The van der Waals surface area contributed by atoms with Crippen LogP contribution >= 0.6 is 25.5 Å². The third-order valence-electron chi connectivity index (χ3n) is 2.51. The van der Waals surface area contributed by atoms with E-state index in [2.05, 4.69) is 25.5 Å². The first-order chi connectivity index (χ1) is 9.03. The summed E-state index contributed by atoms with van der Waals surface area (Å²) < 4.78 is 11.8. The molecule has 3 nitrogen and oxygen atoms in total. The molecule has 0 saturated carbocycles. The second-order valence-corrected chi connectivity index (χ2v) is 29.9. The van der Waals surface area contributed by atoms with E-state index in [1.807, 2.05) is 24.3 Å². The van der Waals surface area contributed by atoms with Gasteiger partial charge in [0.15, 0.2) is 0 Å². The predicted molar refractivity (Wildman–Crippen MR) is 84.1 cm³/mol. The van der Waals surface area contributed by atoms with Gasteiger partial charge in [-0.05, 0) is 0 Å². The maximum atomic E-state index is 12.1. The summed E-state index contributed by atoms with van der Waals surface area (Å²) in [7, 11) is 1.63. The third kappa shape index (κ3) is 3.85. The van der Waals surface area contributed by atoms with Gasteiger partial charge in [-0.2, -0.15) is 0 Å². The minimum absolute atomic E-state index is 0.00997. The number of benzene rings is 1. The Labute approximate surface area is 127 Å². The Hall–Kier alpha value is -0.280. The first kappa shape index (κ1) is 15.1. The van der Waals surface area contributed by atoms with Crippen molar-refractivity contribution in [1.82, 2.24) is 0 Å². The Morgan fingerprint density at radius 3 is 2.47 bits per heavy atom. The predicted octanol–water partition coefficient (Wildman–Crippen LogP) is 3.61. The van der Waals surface area contributed by atoms with Crippen LogP contribution in [0.4, 0.5) is 0 Å². The topological polar surface area (TPSA) is 39.4 Å². The van der Waals surface area contributed by atoms with Gasteiger partial charge < -0.3 is 0 Å². The fourth-order valence-corrected chi connectivity index (χ4v) is 10.6. The average Bonchev–Trinajstić information content (AvgIpc) is 2.92. The number of ether oxygens (including phenoxy) is 1. The SMILES string of the molecule is COc1ccc([Te](Br)(Br)CC(=O)c2ccco2)cc1. The molecule has 0 unspecified atom stereocenters. The Morgan fingerprint density at radius 2 is 1.95 bits per heavy atom. The molecule has 1 heterocycles. The summed E-state index contributed by atoms with van der Waals surface area (Å²) in [6.45, 7) is 0. The normalized spacial score (nSPS) is 12.2. The van der Waals surface area contributed by atoms with E-state index in [0.717, 1.165) is 9.36 Å². The van der Waals surface area contributed by atoms with Gasteiger partial charge in [-0.15, -0.1) is 0 Å². The van der Waals surface area contributed by atoms with Gasteiger partial charge in [0.25, 0.3) is 0 Å². The zero-order valence-electron chi connectivity index (χ0n) is 10.1. The van der Waals surface area contributed by atoms with Crippen LogP contribution in [0.1, 0.15) is 10.6 Å². The number of halogens is 2. The van der Waals surface area contributed by atoms with Crippen LogP contribution < -0.4 is 8.35 Å². The van der Waals surface area contributed by atoms with Crippen molar-refractivity contribution in [1.29, 1.82) is 0 Å². The number of Topliss-reactive ketones (excluding diaryl/α,β-unsaturated/α-hetero) is 1. The van der Waals surface area contributed by atoms with Gasteiger partial charge in [-0.1, -0.05) is 0 Å². The number of rotatable bonds is 5. The minimum atomic E-state index is -2.75. The summed E-state index contributed by atoms with van der Waals surface area (Å²) >= 11 is 4.70. The fraction of sp³-hybridized carbons (Fsp3) is 0.154. The van der Waals surface area contributed by atoms with Crippen LogP contribution in [-0.4, -0.2) is 26.7 Å². The molecule has 1 aromatic heterocycles. The molecular formula is C13H12Br2O3Te. The number of furan rings is 1. The maximum absolute atomic E-state index is 12.1. The molecule has 0 aliphatic heterocycles. The molecule has 0 atom stereocenters. The van der Waals surface area contributed by atoms with Crippen LogP contribution in [0.3, 0.4) is 0 Å². The van der Waals surface area contributed by atoms with Gasteiger partial charge in [-0.3, -0.25) is 0 Å². The van der Waals surface area contributed by atoms with Gasteiger partial charge in [0.05, 0.1) is 0 Å². The monoisotopic (exact) mass is 504 g/mol. The van der Waals surface area contributed by atoms with Crippen LogP contribution in [-0.2, 0) is 0 Å². The number of methoxy groups -OCH3 is 1. The zero-order chi connectivity index (χ0) is 13.9. The summed E-state index contributed by atoms with van der Waals surface area (Å²) in [4.78, 5) is 12.1. The quantitative estimate of drug-likeness (QED) is 0.462. The molecule has 0 aliphatic carbocycles. The first-order valence-electron chi connectivity index (χ1n) is 5.44. The fourth-order valence-electron chi connectivity index (χ4n) is 1.53. The number of hydrogen-bond donors (Lipinski definition) is 0. The van der Waals surface area contributed by atoms with E-state index in [0.29, 0.717) is 10.2 Å². The molecule has 2 aromatic rings. The summed E-state index contributed by atoms with van der Waals surface area (Å²) in [5, 5.41) is 0. The molecule has 0 bridgehead atoms. The summed E-state index contributed by atoms with van der Waals surface area (Å²) in [6.07, 6.45) is 1.51. The van der Waals surface area contributed by atoms with Crippen molar-refractivity contribution >= 4 is 48.7 Å². The van der Waals surface area contributed by atoms with Crippen LogP contribution in [0, 0.1) is 0 Å². The second kappa shape index (κ2) is 6.45. The summed E-state index contributed by atoms with van der Waals surface area (Å²) in [5.41, 5.74) is 0. The van der Waals surface area contributed by atoms with E-state index in [1.54, 1.807) is 19.2 Å². The van der Waals surface area contributed by atoms with Gasteiger partial charge >= 0.3 is 128 Å². The van der Waals surface area contributed by atoms with Crippen LogP contribution in [0.15, 0.2) is 47.1 Å². The molecule has 0 N–H and O–H groups in total. The molecule has 1 aromatic carbocycles. The molecule has 6 heteroatoms. The van der Waals surface area contributed by atoms with Crippen molar-refractivity contribution in [2.75, 3.05) is 7.11 Å². The van der Waals surface area contributed by atoms with Crippen molar-refractivity contribution in [3.63, 3.8) is 0 Å². The number of hydrogen-bond acceptors (Lipinski definition) is 3. The van der Waals surface area contributed by atoms with Crippen LogP contribution in [0.25, 0.3) is 0 Å². The molecule has 102 valence electrons. The van der Waals surface area contributed by atoms with Gasteiger partial charge in [0.2, 0.25) is 0 Å². The number of carbonyl (C=O) groups is 1.